The van der Waals surface area contributed by atoms with Crippen LogP contribution in [0.25, 0.3) is 20.7 Å². The first-order valence-electron chi connectivity index (χ1n) is 18.7. The highest BCUT2D eigenvalue weighted by Gasteiger charge is 2.68. The van der Waals surface area contributed by atoms with Gasteiger partial charge in [0.15, 0.2) is 0 Å². The molecule has 6 unspecified atom stereocenters. The second-order valence-electron chi connectivity index (χ2n) is 15.6. The van der Waals surface area contributed by atoms with Crippen molar-refractivity contribution >= 4 is 74.1 Å². The molecule has 2 saturated heterocycles. The van der Waals surface area contributed by atoms with E-state index in [4.69, 9.17) is 16.7 Å². The van der Waals surface area contributed by atoms with Gasteiger partial charge in [-0.1, -0.05) is 53.6 Å². The number of aromatic hydroxyl groups is 1. The summed E-state index contributed by atoms with van der Waals surface area (Å²) in [5, 5.41) is 27.9. The van der Waals surface area contributed by atoms with Crippen molar-refractivity contribution in [2.45, 2.75) is 39.0 Å². The lowest BCUT2D eigenvalue weighted by molar-refractivity contribution is -0.131. The number of rotatable bonds is 7. The molecular formula is C44H37ClN4O7S. The minimum atomic E-state index is -1.40. The number of carboxylic acids is 1. The van der Waals surface area contributed by atoms with Gasteiger partial charge in [-0.05, 0) is 91.9 Å². The molecule has 2 aromatic heterocycles. The van der Waals surface area contributed by atoms with Gasteiger partial charge in [0.1, 0.15) is 17.3 Å². The topological polar surface area (TPSA) is 150 Å². The number of aromatic nitrogens is 2. The largest absolute Gasteiger partial charge is 0.507 e. The second-order valence-corrected chi connectivity index (χ2v) is 17.1. The molecule has 1 saturated carbocycles. The Morgan fingerprint density at radius 3 is 2.54 bits per heavy atom. The number of para-hydroxylation sites is 1. The van der Waals surface area contributed by atoms with Gasteiger partial charge in [0.2, 0.25) is 23.6 Å². The lowest BCUT2D eigenvalue weighted by Crippen LogP contribution is -2.49. The van der Waals surface area contributed by atoms with Crippen LogP contribution in [0.15, 0.2) is 91.0 Å². The summed E-state index contributed by atoms with van der Waals surface area (Å²) in [6.07, 6.45) is 4.25. The fourth-order valence-electron chi connectivity index (χ4n) is 9.99. The van der Waals surface area contributed by atoms with E-state index < -0.39 is 64.6 Å². The molecule has 2 aliphatic heterocycles. The molecule has 3 fully saturated rings. The zero-order valence-electron chi connectivity index (χ0n) is 31.2. The predicted molar refractivity (Wildman–Crippen MR) is 216 cm³/mol. The van der Waals surface area contributed by atoms with Crippen molar-refractivity contribution in [3.05, 3.63) is 118 Å². The van der Waals surface area contributed by atoms with E-state index in [-0.39, 0.29) is 29.8 Å². The Morgan fingerprint density at radius 2 is 1.79 bits per heavy atom. The van der Waals surface area contributed by atoms with E-state index in [9.17, 15) is 29.4 Å². The third-order valence-corrected chi connectivity index (χ3v) is 14.2. The quantitative estimate of drug-likeness (QED) is 0.125. The van der Waals surface area contributed by atoms with Crippen molar-refractivity contribution < 1.29 is 34.2 Å². The number of hydrogen-bond donors (Lipinski definition) is 2. The van der Waals surface area contributed by atoms with Gasteiger partial charge in [-0.2, -0.15) is 5.10 Å². The fraction of sp³-hybridized carbons (Fsp3) is 0.273. The van der Waals surface area contributed by atoms with E-state index in [0.717, 1.165) is 31.0 Å². The van der Waals surface area contributed by atoms with Crippen molar-refractivity contribution in [1.82, 2.24) is 9.78 Å². The third-order valence-electron chi connectivity index (χ3n) is 12.7. The van der Waals surface area contributed by atoms with Crippen LogP contribution in [-0.2, 0) is 32.6 Å². The van der Waals surface area contributed by atoms with Crippen molar-refractivity contribution in [2.24, 2.45) is 36.1 Å². The number of imide groups is 2. The van der Waals surface area contributed by atoms with E-state index >= 15 is 4.79 Å². The number of phenolic OH excluding ortho intramolecular Hbond substituents is 1. The summed E-state index contributed by atoms with van der Waals surface area (Å²) in [4.78, 5) is 73.7. The average molecular weight is 801 g/mol. The smallest absolute Gasteiger partial charge is 0.335 e. The standard InChI is InChI=1S/C44H37ClN4O7S/c1-5-8-22-9-7-12-28(37(22)50)36-26-14-15-27-35(41(53)48(39(27)51)25-11-6-10-23(17-25)42(54)55)30(26)19-31-40(52)49(43(56)44(31,36)3)34-20-32(46-47(34)4)38-21(2)29-18-24(45)13-16-33(29)57-38/h5-7,9-14,16-18,20,27,30-31,35-36,50H,1,8,15,19H2,2-4H3,(H,54,55). The number of aromatic carboxylic acids is 1. The van der Waals surface area contributed by atoms with Crippen LogP contribution in [0.4, 0.5) is 11.5 Å². The summed E-state index contributed by atoms with van der Waals surface area (Å²) >= 11 is 7.86. The molecule has 4 amide bonds. The lowest BCUT2D eigenvalue weighted by atomic mass is 9.51. The molecule has 4 aliphatic rings. The Hall–Kier alpha value is -5.85. The summed E-state index contributed by atoms with van der Waals surface area (Å²) in [5.41, 5.74) is 2.04. The molecule has 5 aromatic rings. The highest BCUT2D eigenvalue weighted by molar-refractivity contribution is 7.22. The molecule has 4 heterocycles. The van der Waals surface area contributed by atoms with Gasteiger partial charge in [-0.3, -0.25) is 28.8 Å². The molecule has 0 radical (unpaired) electrons. The lowest BCUT2D eigenvalue weighted by Gasteiger charge is -2.49. The number of carboxylic acid groups (broad SMARTS) is 1. The number of carbonyl (C=O) groups is 5. The van der Waals surface area contributed by atoms with E-state index in [1.54, 1.807) is 55.6 Å². The minimum Gasteiger partial charge on any atom is -0.507 e. The van der Waals surface area contributed by atoms with Crippen LogP contribution in [0.2, 0.25) is 5.02 Å². The van der Waals surface area contributed by atoms with Crippen molar-refractivity contribution in [3.63, 3.8) is 0 Å². The number of nitrogens with zero attached hydrogens (tertiary/aromatic N) is 4. The number of anilines is 2. The van der Waals surface area contributed by atoms with Crippen LogP contribution in [0, 0.1) is 36.0 Å². The number of amides is 4. The maximum absolute atomic E-state index is 15.2. The molecule has 57 heavy (non-hydrogen) atoms. The summed E-state index contributed by atoms with van der Waals surface area (Å²) in [5.74, 6) is -6.78. The van der Waals surface area contributed by atoms with Gasteiger partial charge in [0.05, 0.1) is 39.3 Å². The molecule has 3 aromatic carbocycles. The summed E-state index contributed by atoms with van der Waals surface area (Å²) < 4.78 is 2.55. The molecule has 6 atom stereocenters. The van der Waals surface area contributed by atoms with Gasteiger partial charge in [0, 0.05) is 34.3 Å². The molecule has 2 N–H and O–H groups in total. The number of benzene rings is 3. The number of thiophene rings is 1. The number of carbonyl (C=O) groups excluding carboxylic acids is 4. The Labute approximate surface area is 336 Å². The van der Waals surface area contributed by atoms with Crippen molar-refractivity contribution in [2.75, 3.05) is 9.80 Å². The molecule has 0 spiro atoms. The Kier molecular flexibility index (Phi) is 8.45. The van der Waals surface area contributed by atoms with Gasteiger partial charge in [-0.15, -0.1) is 17.9 Å². The van der Waals surface area contributed by atoms with Crippen LogP contribution < -0.4 is 9.80 Å². The van der Waals surface area contributed by atoms with Gasteiger partial charge < -0.3 is 10.2 Å². The van der Waals surface area contributed by atoms with Gasteiger partial charge >= 0.3 is 5.97 Å². The molecule has 0 bridgehead atoms. The zero-order valence-corrected chi connectivity index (χ0v) is 32.8. The Bertz CT molecular complexity index is 2680. The Balaban J connectivity index is 1.16. The second kappa shape index (κ2) is 13.1. The maximum atomic E-state index is 15.2. The van der Waals surface area contributed by atoms with Gasteiger partial charge in [-0.25, -0.2) is 9.69 Å². The van der Waals surface area contributed by atoms with Crippen molar-refractivity contribution in [1.29, 1.82) is 0 Å². The molecule has 13 heteroatoms. The van der Waals surface area contributed by atoms with E-state index in [0.29, 0.717) is 34.1 Å². The molecular weight excluding hydrogens is 764 g/mol. The fourth-order valence-corrected chi connectivity index (χ4v) is 11.3. The number of phenols is 1. The van der Waals surface area contributed by atoms with Gasteiger partial charge in [0.25, 0.3) is 0 Å². The molecule has 11 nitrogen and oxygen atoms in total. The zero-order chi connectivity index (χ0) is 40.2. The summed E-state index contributed by atoms with van der Waals surface area (Å²) in [7, 11) is 1.69. The van der Waals surface area contributed by atoms with Crippen LogP contribution in [-0.4, -0.2) is 49.6 Å². The van der Waals surface area contributed by atoms with Crippen LogP contribution in [0.3, 0.4) is 0 Å². The number of aryl methyl sites for hydroxylation is 2. The minimum absolute atomic E-state index is 0.0196. The maximum Gasteiger partial charge on any atom is 0.335 e. The molecule has 9 rings (SSSR count). The van der Waals surface area contributed by atoms with Crippen molar-refractivity contribution in [3.8, 4) is 16.3 Å². The molecule has 288 valence electrons. The normalized spacial score (nSPS) is 25.5. The highest BCUT2D eigenvalue weighted by atomic mass is 35.5. The Morgan fingerprint density at radius 1 is 1.02 bits per heavy atom. The molecule has 2 aliphatic carbocycles. The van der Waals surface area contributed by atoms with Crippen LogP contribution in [0.1, 0.15) is 52.7 Å². The monoisotopic (exact) mass is 800 g/mol. The summed E-state index contributed by atoms with van der Waals surface area (Å²) in [6, 6.07) is 18.5. The van der Waals surface area contributed by atoms with Crippen LogP contribution in [0.5, 0.6) is 5.75 Å². The predicted octanol–water partition coefficient (Wildman–Crippen LogP) is 7.83. The number of hydrogen-bond acceptors (Lipinski definition) is 8. The van der Waals surface area contributed by atoms with E-state index in [2.05, 4.69) is 6.58 Å². The van der Waals surface area contributed by atoms with E-state index in [1.807, 2.05) is 31.2 Å². The van der Waals surface area contributed by atoms with E-state index in [1.165, 1.54) is 33.8 Å². The number of halogens is 1. The SMILES string of the molecule is C=CCc1cccc(C2C3=CCC4C(=O)N(c5cccc(C(=O)O)c5)C(=O)C4C3CC3C(=O)N(c4cc(-c5sc6ccc(Cl)cc6c5C)nn4C)C(=O)C32C)c1O. The summed E-state index contributed by atoms with van der Waals surface area (Å²) in [6.45, 7) is 7.60. The number of allylic oxidation sites excluding steroid dienone is 3. The average Bonchev–Trinajstić information content (AvgIpc) is 3.86. The first kappa shape index (κ1) is 36.8. The first-order valence-corrected chi connectivity index (χ1v) is 19.9. The third kappa shape index (κ3) is 5.23. The van der Waals surface area contributed by atoms with Crippen LogP contribution >= 0.6 is 22.9 Å². The number of fused-ring (bicyclic) bond motifs is 5. The highest BCUT2D eigenvalue weighted by Crippen LogP contribution is 2.64. The first-order chi connectivity index (χ1) is 27.3.